The van der Waals surface area contributed by atoms with Gasteiger partial charge in [0.05, 0.1) is 0 Å². The van der Waals surface area contributed by atoms with Crippen LogP contribution in [-0.2, 0) is 3.74 Å². The second-order valence-corrected chi connectivity index (χ2v) is 4.84. The van der Waals surface area contributed by atoms with E-state index in [-0.39, 0.29) is 0 Å². The van der Waals surface area contributed by atoms with E-state index >= 15 is 0 Å². The molecule has 0 heterocycles. The van der Waals surface area contributed by atoms with Crippen LogP contribution in [0.3, 0.4) is 0 Å². The fourth-order valence-corrected chi connectivity index (χ4v) is 0. The molecule has 0 saturated carbocycles. The molecule has 1 N–H and O–H groups in total. The predicted molar refractivity (Wildman–Crippen MR) is 19.0 cm³/mol. The van der Waals surface area contributed by atoms with Gasteiger partial charge in [-0.15, -0.1) is 0 Å². The van der Waals surface area contributed by atoms with E-state index < -0.39 is 13.1 Å². The maximum absolute atomic E-state index is 9.17. The Morgan fingerprint density at radius 3 is 2.00 bits per heavy atom. The third kappa shape index (κ3) is 14.2. The minimum atomic E-state index is -2.77. The first-order valence-electron chi connectivity index (χ1n) is 0.617. The van der Waals surface area contributed by atoms with Gasteiger partial charge in [-0.25, -0.2) is 0 Å². The van der Waals surface area contributed by atoms with Crippen LogP contribution in [0.15, 0.2) is 0 Å². The van der Waals surface area contributed by atoms with Crippen molar-refractivity contribution in [3.05, 3.63) is 0 Å². The number of hydrogen-bond acceptors (Lipinski definition) is 1. The molecular formula is H2AsBrO2. The van der Waals surface area contributed by atoms with E-state index in [0.717, 1.165) is 0 Å². The first-order valence-corrected chi connectivity index (χ1v) is 7.33. The maximum atomic E-state index is 9.17. The summed E-state index contributed by atoms with van der Waals surface area (Å²) in [6.45, 7) is 0. The molecule has 0 saturated heterocycles. The third-order valence-electron chi connectivity index (χ3n) is 0. The van der Waals surface area contributed by atoms with Crippen molar-refractivity contribution >= 4 is 27.0 Å². The molecule has 4 heteroatoms. The zero-order valence-electron chi connectivity index (χ0n) is 1.73. The molecule has 0 aliphatic heterocycles. The quantitative estimate of drug-likeness (QED) is 0.522. The number of hydrogen-bond donors (Lipinski definition) is 1. The van der Waals surface area contributed by atoms with Crippen LogP contribution in [0.4, 0.5) is 0 Å². The average Bonchev–Trinajstić information content (AvgIpc) is 0.811. The van der Waals surface area contributed by atoms with Crippen molar-refractivity contribution in [2.45, 2.75) is 0 Å². The molecule has 0 fully saturated rings. The van der Waals surface area contributed by atoms with Gasteiger partial charge in [0, 0.05) is 0 Å². The van der Waals surface area contributed by atoms with Crippen molar-refractivity contribution in [2.24, 2.45) is 0 Å². The van der Waals surface area contributed by atoms with E-state index in [9.17, 15) is 0 Å². The van der Waals surface area contributed by atoms with Crippen molar-refractivity contribution < 1.29 is 7.84 Å². The molecular weight excluding hydrogens is 187 g/mol. The molecule has 4 heavy (non-hydrogen) atoms. The molecule has 1 atom stereocenters. The first kappa shape index (κ1) is 4.80. The van der Waals surface area contributed by atoms with E-state index in [4.69, 9.17) is 7.84 Å². The Bertz CT molecular complexity index is 29.0. The van der Waals surface area contributed by atoms with Gasteiger partial charge in [0.2, 0.25) is 0 Å². The van der Waals surface area contributed by atoms with Crippen LogP contribution >= 0.6 is 13.9 Å². The van der Waals surface area contributed by atoms with Crippen molar-refractivity contribution in [3.8, 4) is 0 Å². The van der Waals surface area contributed by atoms with Crippen LogP contribution in [0.25, 0.3) is 0 Å². The number of halogens is 1. The van der Waals surface area contributed by atoms with Gasteiger partial charge in [-0.1, -0.05) is 0 Å². The molecule has 26 valence electrons. The summed E-state index contributed by atoms with van der Waals surface area (Å²) in [7, 11) is 0. The predicted octanol–water partition coefficient (Wildman–Crippen LogP) is -0.479. The molecule has 0 bridgehead atoms. The Kier molecular flexibility index (Phi) is 2.47. The molecule has 0 spiro atoms. The van der Waals surface area contributed by atoms with E-state index in [1.54, 1.807) is 0 Å². The molecule has 0 aromatic rings. The fraction of sp³-hybridized carbons (Fsp3) is 0. The van der Waals surface area contributed by atoms with Crippen LogP contribution in [-0.4, -0.2) is 17.2 Å². The summed E-state index contributed by atoms with van der Waals surface area (Å²) < 4.78 is 16.8. The molecule has 0 aliphatic carbocycles. The molecule has 0 rings (SSSR count). The zero-order valence-corrected chi connectivity index (χ0v) is 5.42. The van der Waals surface area contributed by atoms with E-state index in [2.05, 4.69) is 13.9 Å². The van der Waals surface area contributed by atoms with E-state index in [1.165, 1.54) is 0 Å². The Morgan fingerprint density at radius 2 is 2.00 bits per heavy atom. The van der Waals surface area contributed by atoms with Gasteiger partial charge in [0.25, 0.3) is 0 Å². The Labute approximate surface area is 35.2 Å². The molecule has 2 nitrogen and oxygen atoms in total. The second-order valence-electron chi connectivity index (χ2n) is 0.253. The van der Waals surface area contributed by atoms with Gasteiger partial charge in [0.1, 0.15) is 0 Å². The topological polar surface area (TPSA) is 37.3 Å². The summed E-state index contributed by atoms with van der Waals surface area (Å²) in [5.74, 6) is 0. The van der Waals surface area contributed by atoms with Gasteiger partial charge in [0.15, 0.2) is 0 Å². The standard InChI is InChI=1S/AsBrH2O2/c2-1(3)4/h1H,(H,3,4). The average molecular weight is 189 g/mol. The van der Waals surface area contributed by atoms with Gasteiger partial charge in [-0.3, -0.25) is 0 Å². The second kappa shape index (κ2) is 2.06. The van der Waals surface area contributed by atoms with E-state index in [0.29, 0.717) is 0 Å². The number of rotatable bonds is 0. The zero-order chi connectivity index (χ0) is 3.58. The summed E-state index contributed by atoms with van der Waals surface area (Å²) in [4.78, 5) is 0. The summed E-state index contributed by atoms with van der Waals surface area (Å²) in [5.41, 5.74) is 0. The van der Waals surface area contributed by atoms with Crippen molar-refractivity contribution in [3.63, 3.8) is 0 Å². The summed E-state index contributed by atoms with van der Waals surface area (Å²) >= 11 is -0.333. The first-order chi connectivity index (χ1) is 1.73. The van der Waals surface area contributed by atoms with Gasteiger partial charge < -0.3 is 0 Å². The normalized spacial score (nSPS) is 15.5. The molecule has 0 aliphatic rings. The minimum absolute atomic E-state index is 2.44. The monoisotopic (exact) mass is 188 g/mol. The third-order valence-corrected chi connectivity index (χ3v) is 0. The summed E-state index contributed by atoms with van der Waals surface area (Å²) in [6.07, 6.45) is 0. The van der Waals surface area contributed by atoms with Crippen molar-refractivity contribution in [2.75, 3.05) is 0 Å². The molecule has 1 unspecified atom stereocenters. The van der Waals surface area contributed by atoms with E-state index in [1.807, 2.05) is 0 Å². The van der Waals surface area contributed by atoms with Crippen LogP contribution < -0.4 is 0 Å². The van der Waals surface area contributed by atoms with Gasteiger partial charge >= 0.3 is 34.8 Å². The van der Waals surface area contributed by atoms with Gasteiger partial charge in [-0.2, -0.15) is 0 Å². The van der Waals surface area contributed by atoms with Crippen molar-refractivity contribution in [1.29, 1.82) is 0 Å². The van der Waals surface area contributed by atoms with Crippen LogP contribution in [0, 0.1) is 0 Å². The van der Waals surface area contributed by atoms with Crippen molar-refractivity contribution in [1.82, 2.24) is 0 Å². The summed E-state index contributed by atoms with van der Waals surface area (Å²) in [5, 5.41) is 0. The summed E-state index contributed by atoms with van der Waals surface area (Å²) in [6, 6.07) is 0. The van der Waals surface area contributed by atoms with Gasteiger partial charge in [-0.05, 0) is 0 Å². The SMILES string of the molecule is O=[AsH](O)Br. The fourth-order valence-electron chi connectivity index (χ4n) is 0. The van der Waals surface area contributed by atoms with Crippen LogP contribution in [0.5, 0.6) is 0 Å². The molecule has 0 radical (unpaired) electrons. The van der Waals surface area contributed by atoms with Crippen LogP contribution in [0.1, 0.15) is 0 Å². The Morgan fingerprint density at radius 1 is 2.00 bits per heavy atom. The molecule has 0 aromatic heterocycles. The molecule has 0 amide bonds. The Hall–Kier alpha value is 0.798. The van der Waals surface area contributed by atoms with Crippen LogP contribution in [0.2, 0.25) is 0 Å². The molecule has 0 aromatic carbocycles. The Balaban J connectivity index is 2.80.